The minimum absolute atomic E-state index is 0.231. The minimum atomic E-state index is -0.548. The molecule has 0 saturated carbocycles. The second-order valence-electron chi connectivity index (χ2n) is 5.63. The third-order valence-electron chi connectivity index (χ3n) is 3.78. The summed E-state index contributed by atoms with van der Waals surface area (Å²) in [7, 11) is 1.58. The van der Waals surface area contributed by atoms with E-state index in [2.05, 4.69) is 26.3 Å². The van der Waals surface area contributed by atoms with E-state index in [1.54, 1.807) is 61.8 Å². The van der Waals surface area contributed by atoms with Crippen molar-refractivity contribution in [1.82, 2.24) is 9.78 Å². The van der Waals surface area contributed by atoms with Crippen LogP contribution in [0.4, 0.5) is 11.5 Å². The fraction of sp³-hybridized carbons (Fsp3) is 0.111. The van der Waals surface area contributed by atoms with E-state index in [1.165, 1.54) is 4.68 Å². The molecule has 0 spiro atoms. The number of hydrogen-bond acceptors (Lipinski definition) is 5. The van der Waals surface area contributed by atoms with Gasteiger partial charge in [0.1, 0.15) is 10.2 Å². The number of anilines is 1. The highest BCUT2D eigenvalue weighted by Crippen LogP contribution is 2.22. The first kappa shape index (κ1) is 18.6. The number of methoxy groups -OCH3 is 1. The Bertz CT molecular complexity index is 968. The summed E-state index contributed by atoms with van der Waals surface area (Å²) in [5, 5.41) is 17.6. The molecule has 0 saturated heterocycles. The second kappa shape index (κ2) is 8.00. The normalized spacial score (nSPS) is 10.4. The van der Waals surface area contributed by atoms with Gasteiger partial charge in [0.15, 0.2) is 0 Å². The monoisotopic (exact) mass is 430 g/mol. The number of hydrogen-bond donors (Lipinski definition) is 1. The van der Waals surface area contributed by atoms with Gasteiger partial charge in [-0.2, -0.15) is 4.68 Å². The number of carbonyl (C=O) groups is 1. The van der Waals surface area contributed by atoms with Crippen molar-refractivity contribution in [2.75, 3.05) is 12.4 Å². The zero-order valence-corrected chi connectivity index (χ0v) is 15.8. The molecule has 1 amide bonds. The van der Waals surface area contributed by atoms with E-state index in [0.717, 1.165) is 5.56 Å². The number of carbonyl (C=O) groups excluding carboxylic acids is 1. The SMILES string of the molecule is COc1ccc(NC(=O)c2ccc(Cn3cc(Br)c([N+](=O)[O-])n3)cc2)cc1. The van der Waals surface area contributed by atoms with E-state index >= 15 is 0 Å². The van der Waals surface area contributed by atoms with Gasteiger partial charge in [0.25, 0.3) is 5.91 Å². The van der Waals surface area contributed by atoms with Crippen LogP contribution in [-0.4, -0.2) is 27.7 Å². The number of nitrogens with one attached hydrogen (secondary N) is 1. The smallest absolute Gasteiger partial charge is 0.404 e. The number of nitro groups is 1. The molecule has 0 radical (unpaired) electrons. The number of aromatic nitrogens is 2. The molecule has 0 unspecified atom stereocenters. The highest BCUT2D eigenvalue weighted by molar-refractivity contribution is 9.10. The van der Waals surface area contributed by atoms with E-state index in [0.29, 0.717) is 28.0 Å². The molecule has 0 bridgehead atoms. The molecule has 27 heavy (non-hydrogen) atoms. The Morgan fingerprint density at radius 2 is 1.89 bits per heavy atom. The van der Waals surface area contributed by atoms with Crippen molar-refractivity contribution < 1.29 is 14.5 Å². The Morgan fingerprint density at radius 1 is 1.22 bits per heavy atom. The lowest BCUT2D eigenvalue weighted by atomic mass is 10.1. The molecule has 0 atom stereocenters. The quantitative estimate of drug-likeness (QED) is 0.472. The van der Waals surface area contributed by atoms with Crippen LogP contribution in [0, 0.1) is 10.1 Å². The third kappa shape index (κ3) is 4.50. The van der Waals surface area contributed by atoms with Gasteiger partial charge in [-0.05, 0) is 62.8 Å². The average molecular weight is 431 g/mol. The van der Waals surface area contributed by atoms with Crippen LogP contribution in [0.15, 0.2) is 59.2 Å². The average Bonchev–Trinajstić information content (AvgIpc) is 3.03. The molecule has 2 aromatic carbocycles. The summed E-state index contributed by atoms with van der Waals surface area (Å²) in [6.07, 6.45) is 1.54. The molecule has 1 N–H and O–H groups in total. The second-order valence-corrected chi connectivity index (χ2v) is 6.49. The number of benzene rings is 2. The van der Waals surface area contributed by atoms with Crippen LogP contribution in [0.2, 0.25) is 0 Å². The highest BCUT2D eigenvalue weighted by Gasteiger charge is 2.18. The first-order chi connectivity index (χ1) is 13.0. The number of halogens is 1. The van der Waals surface area contributed by atoms with Gasteiger partial charge in [-0.3, -0.25) is 4.79 Å². The summed E-state index contributed by atoms with van der Waals surface area (Å²) >= 11 is 3.12. The first-order valence-electron chi connectivity index (χ1n) is 7.88. The molecule has 1 aromatic heterocycles. The number of amides is 1. The summed E-state index contributed by atoms with van der Waals surface area (Å²) in [6, 6.07) is 14.0. The van der Waals surface area contributed by atoms with Crippen molar-refractivity contribution in [2.45, 2.75) is 6.54 Å². The minimum Gasteiger partial charge on any atom is -0.497 e. The van der Waals surface area contributed by atoms with Crippen molar-refractivity contribution in [3.8, 4) is 5.75 Å². The summed E-state index contributed by atoms with van der Waals surface area (Å²) in [4.78, 5) is 22.6. The van der Waals surface area contributed by atoms with Gasteiger partial charge in [0.05, 0.1) is 25.0 Å². The van der Waals surface area contributed by atoms with E-state index in [9.17, 15) is 14.9 Å². The largest absolute Gasteiger partial charge is 0.497 e. The first-order valence-corrected chi connectivity index (χ1v) is 8.67. The molecule has 0 fully saturated rings. The predicted octanol–water partition coefficient (Wildman–Crippen LogP) is 3.86. The molecule has 8 nitrogen and oxygen atoms in total. The molecular formula is C18H15BrN4O4. The van der Waals surface area contributed by atoms with Crippen molar-refractivity contribution in [3.05, 3.63) is 80.4 Å². The number of ether oxygens (including phenoxy) is 1. The van der Waals surface area contributed by atoms with Crippen LogP contribution in [0.1, 0.15) is 15.9 Å². The van der Waals surface area contributed by atoms with Crippen molar-refractivity contribution in [1.29, 1.82) is 0 Å². The van der Waals surface area contributed by atoms with Crippen molar-refractivity contribution in [3.63, 3.8) is 0 Å². The molecule has 0 aliphatic heterocycles. The molecule has 3 rings (SSSR count). The Hall–Kier alpha value is -3.20. The van der Waals surface area contributed by atoms with Gasteiger partial charge >= 0.3 is 5.82 Å². The summed E-state index contributed by atoms with van der Waals surface area (Å²) in [6.45, 7) is 0.354. The van der Waals surface area contributed by atoms with Gasteiger partial charge < -0.3 is 20.2 Å². The Kier molecular flexibility index (Phi) is 5.51. The lowest BCUT2D eigenvalue weighted by Crippen LogP contribution is -2.12. The maximum Gasteiger partial charge on any atom is 0.404 e. The maximum atomic E-state index is 12.3. The van der Waals surface area contributed by atoms with E-state index in [4.69, 9.17) is 4.74 Å². The number of nitrogens with zero attached hydrogens (tertiary/aromatic N) is 3. The van der Waals surface area contributed by atoms with Gasteiger partial charge in [0, 0.05) is 11.3 Å². The molecule has 1 heterocycles. The topological polar surface area (TPSA) is 99.3 Å². The molecule has 0 aliphatic carbocycles. The lowest BCUT2D eigenvalue weighted by molar-refractivity contribution is -0.390. The van der Waals surface area contributed by atoms with Crippen molar-refractivity contribution >= 4 is 33.3 Å². The maximum absolute atomic E-state index is 12.3. The Balaban J connectivity index is 1.66. The number of rotatable bonds is 6. The van der Waals surface area contributed by atoms with Crippen LogP contribution in [-0.2, 0) is 6.54 Å². The van der Waals surface area contributed by atoms with E-state index in [1.807, 2.05) is 0 Å². The summed E-state index contributed by atoms with van der Waals surface area (Å²) in [5.41, 5.74) is 2.03. The highest BCUT2D eigenvalue weighted by atomic mass is 79.9. The van der Waals surface area contributed by atoms with E-state index in [-0.39, 0.29) is 11.7 Å². The molecular weight excluding hydrogens is 416 g/mol. The fourth-order valence-electron chi connectivity index (χ4n) is 2.42. The van der Waals surface area contributed by atoms with Gasteiger partial charge in [-0.15, -0.1) is 0 Å². The zero-order valence-electron chi connectivity index (χ0n) is 14.3. The molecule has 138 valence electrons. The summed E-state index contributed by atoms with van der Waals surface area (Å²) < 4.78 is 6.87. The zero-order chi connectivity index (χ0) is 19.4. The molecule has 3 aromatic rings. The van der Waals surface area contributed by atoms with Crippen LogP contribution >= 0.6 is 15.9 Å². The molecule has 0 aliphatic rings. The fourth-order valence-corrected chi connectivity index (χ4v) is 2.88. The van der Waals surface area contributed by atoms with Gasteiger partial charge in [0.2, 0.25) is 0 Å². The van der Waals surface area contributed by atoms with Gasteiger partial charge in [-0.25, -0.2) is 0 Å². The summed E-state index contributed by atoms with van der Waals surface area (Å²) in [5.74, 6) is 0.248. The van der Waals surface area contributed by atoms with Crippen LogP contribution in [0.3, 0.4) is 0 Å². The standard InChI is InChI=1S/C18H15BrN4O4/c1-27-15-8-6-14(7-9-15)20-18(24)13-4-2-12(3-5-13)10-22-11-16(19)17(21-22)23(25)26/h2-9,11H,10H2,1H3,(H,20,24). The predicted molar refractivity (Wildman–Crippen MR) is 103 cm³/mol. The van der Waals surface area contributed by atoms with Crippen LogP contribution in [0.25, 0.3) is 0 Å². The third-order valence-corrected chi connectivity index (χ3v) is 4.34. The van der Waals surface area contributed by atoms with Crippen LogP contribution in [0.5, 0.6) is 5.75 Å². The van der Waals surface area contributed by atoms with Crippen molar-refractivity contribution in [2.24, 2.45) is 0 Å². The molecule has 9 heteroatoms. The Labute approximate surface area is 163 Å². The van der Waals surface area contributed by atoms with E-state index < -0.39 is 4.92 Å². The lowest BCUT2D eigenvalue weighted by Gasteiger charge is -2.07. The van der Waals surface area contributed by atoms with Gasteiger partial charge in [-0.1, -0.05) is 12.1 Å². The van der Waals surface area contributed by atoms with Crippen LogP contribution < -0.4 is 10.1 Å². The Morgan fingerprint density at radius 3 is 2.44 bits per heavy atom.